The van der Waals surface area contributed by atoms with Crippen molar-refractivity contribution in [1.82, 2.24) is 4.57 Å². The van der Waals surface area contributed by atoms with Crippen molar-refractivity contribution in [2.75, 3.05) is 0 Å². The first-order valence-electron chi connectivity index (χ1n) is 7.03. The molecule has 0 saturated heterocycles. The van der Waals surface area contributed by atoms with Gasteiger partial charge in [0.25, 0.3) is 0 Å². The second kappa shape index (κ2) is 7.03. The zero-order valence-electron chi connectivity index (χ0n) is 13.4. The van der Waals surface area contributed by atoms with E-state index in [9.17, 15) is 18.0 Å². The molecule has 2 rings (SSSR count). The van der Waals surface area contributed by atoms with E-state index in [0.717, 1.165) is 4.57 Å². The van der Waals surface area contributed by atoms with Gasteiger partial charge in [-0.25, -0.2) is 4.79 Å². The third-order valence-electron chi connectivity index (χ3n) is 2.82. The SMILES string of the molecule is CC(C)(C)OC(=O)n1cc(Br)cc1-c1cc(Br)ccc1OC(F)(F)F. The third-order valence-corrected chi connectivity index (χ3v) is 3.75. The molecular weight excluding hydrogens is 471 g/mol. The van der Waals surface area contributed by atoms with Gasteiger partial charge in [0.05, 0.1) is 5.69 Å². The summed E-state index contributed by atoms with van der Waals surface area (Å²) in [7, 11) is 0. The molecule has 1 heterocycles. The van der Waals surface area contributed by atoms with Crippen LogP contribution in [0.4, 0.5) is 18.0 Å². The van der Waals surface area contributed by atoms with Crippen LogP contribution in [0.1, 0.15) is 20.8 Å². The van der Waals surface area contributed by atoms with Crippen LogP contribution in [-0.2, 0) is 4.74 Å². The summed E-state index contributed by atoms with van der Waals surface area (Å²) in [5.74, 6) is -0.425. The predicted molar refractivity (Wildman–Crippen MR) is 93.6 cm³/mol. The van der Waals surface area contributed by atoms with Gasteiger partial charge >= 0.3 is 12.5 Å². The van der Waals surface area contributed by atoms with Crippen molar-refractivity contribution in [2.45, 2.75) is 32.7 Å². The molecule has 2 aromatic rings. The van der Waals surface area contributed by atoms with Crippen molar-refractivity contribution < 1.29 is 27.4 Å². The Labute approximate surface area is 159 Å². The largest absolute Gasteiger partial charge is 0.573 e. The number of carbonyl (C=O) groups is 1. The van der Waals surface area contributed by atoms with Gasteiger partial charge in [-0.05, 0) is 61.0 Å². The molecule has 0 aliphatic heterocycles. The Morgan fingerprint density at radius 2 is 1.72 bits per heavy atom. The topological polar surface area (TPSA) is 40.5 Å². The predicted octanol–water partition coefficient (Wildman–Crippen LogP) is 6.36. The van der Waals surface area contributed by atoms with Gasteiger partial charge in [-0.3, -0.25) is 4.57 Å². The maximum absolute atomic E-state index is 12.7. The van der Waals surface area contributed by atoms with E-state index in [0.29, 0.717) is 8.95 Å². The molecule has 0 aliphatic rings. The molecule has 0 saturated carbocycles. The smallest absolute Gasteiger partial charge is 0.443 e. The molecule has 0 bridgehead atoms. The number of alkyl halides is 3. The summed E-state index contributed by atoms with van der Waals surface area (Å²) in [6, 6.07) is 5.53. The minimum Gasteiger partial charge on any atom is -0.443 e. The highest BCUT2D eigenvalue weighted by Crippen LogP contribution is 2.37. The zero-order chi connectivity index (χ0) is 19.0. The molecule has 0 atom stereocenters. The van der Waals surface area contributed by atoms with E-state index in [1.54, 1.807) is 20.8 Å². The van der Waals surface area contributed by atoms with Gasteiger partial charge in [0.1, 0.15) is 11.4 Å². The first-order valence-corrected chi connectivity index (χ1v) is 8.61. The number of rotatable bonds is 2. The van der Waals surface area contributed by atoms with Crippen molar-refractivity contribution in [3.63, 3.8) is 0 Å². The molecule has 0 aliphatic carbocycles. The Hall–Kier alpha value is -1.48. The lowest BCUT2D eigenvalue weighted by atomic mass is 10.1. The molecule has 25 heavy (non-hydrogen) atoms. The van der Waals surface area contributed by atoms with Crippen molar-refractivity contribution >= 4 is 38.0 Å². The van der Waals surface area contributed by atoms with E-state index < -0.39 is 23.8 Å². The molecule has 0 N–H and O–H groups in total. The molecule has 0 amide bonds. The van der Waals surface area contributed by atoms with Gasteiger partial charge in [0, 0.05) is 20.7 Å². The summed E-state index contributed by atoms with van der Waals surface area (Å²) in [6.07, 6.45) is -4.16. The van der Waals surface area contributed by atoms with Crippen LogP contribution in [0.25, 0.3) is 11.3 Å². The van der Waals surface area contributed by atoms with Crippen molar-refractivity contribution in [3.05, 3.63) is 39.4 Å². The molecule has 4 nitrogen and oxygen atoms in total. The Morgan fingerprint density at radius 3 is 2.28 bits per heavy atom. The van der Waals surface area contributed by atoms with E-state index >= 15 is 0 Å². The summed E-state index contributed by atoms with van der Waals surface area (Å²) in [5.41, 5.74) is -0.474. The second-order valence-corrected chi connectivity index (χ2v) is 7.91. The first-order chi connectivity index (χ1) is 11.4. The molecule has 0 radical (unpaired) electrons. The van der Waals surface area contributed by atoms with Crippen molar-refractivity contribution in [2.24, 2.45) is 0 Å². The number of ether oxygens (including phenoxy) is 2. The number of hydrogen-bond donors (Lipinski definition) is 0. The average molecular weight is 485 g/mol. The van der Waals surface area contributed by atoms with Crippen LogP contribution in [0.15, 0.2) is 39.4 Å². The van der Waals surface area contributed by atoms with E-state index in [2.05, 4.69) is 36.6 Å². The molecular formula is C16H14Br2F3NO3. The fourth-order valence-electron chi connectivity index (χ4n) is 2.02. The van der Waals surface area contributed by atoms with Gasteiger partial charge in [0.2, 0.25) is 0 Å². The summed E-state index contributed by atoms with van der Waals surface area (Å²) in [5, 5.41) is 0. The maximum Gasteiger partial charge on any atom is 0.573 e. The Morgan fingerprint density at radius 1 is 1.08 bits per heavy atom. The van der Waals surface area contributed by atoms with Crippen LogP contribution in [-0.4, -0.2) is 22.6 Å². The minimum atomic E-state index is -4.86. The lowest BCUT2D eigenvalue weighted by molar-refractivity contribution is -0.274. The fourth-order valence-corrected chi connectivity index (χ4v) is 2.80. The molecule has 1 aromatic heterocycles. The van der Waals surface area contributed by atoms with Gasteiger partial charge in [-0.2, -0.15) is 0 Å². The highest BCUT2D eigenvalue weighted by atomic mass is 79.9. The molecule has 0 spiro atoms. The van der Waals surface area contributed by atoms with Gasteiger partial charge in [-0.15, -0.1) is 13.2 Å². The number of nitrogens with zero attached hydrogens (tertiary/aromatic N) is 1. The maximum atomic E-state index is 12.7. The van der Waals surface area contributed by atoms with Gasteiger partial charge in [-0.1, -0.05) is 15.9 Å². The quantitative estimate of drug-likeness (QED) is 0.497. The van der Waals surface area contributed by atoms with Crippen LogP contribution >= 0.6 is 31.9 Å². The monoisotopic (exact) mass is 483 g/mol. The first kappa shape index (κ1) is 19.8. The summed E-state index contributed by atoms with van der Waals surface area (Å²) >= 11 is 6.45. The molecule has 136 valence electrons. The Kier molecular flexibility index (Phi) is 5.58. The average Bonchev–Trinajstić information content (AvgIpc) is 2.79. The fraction of sp³-hybridized carbons (Fsp3) is 0.312. The van der Waals surface area contributed by atoms with E-state index in [4.69, 9.17) is 4.74 Å². The number of carbonyl (C=O) groups excluding carboxylic acids is 1. The summed E-state index contributed by atoms with van der Waals surface area (Å²) < 4.78 is 49.6. The molecule has 0 fully saturated rings. The van der Waals surface area contributed by atoms with Crippen molar-refractivity contribution in [3.8, 4) is 17.0 Å². The summed E-state index contributed by atoms with van der Waals surface area (Å²) in [6.45, 7) is 5.08. The lowest BCUT2D eigenvalue weighted by Crippen LogP contribution is -2.27. The molecule has 9 heteroatoms. The minimum absolute atomic E-state index is 0.0864. The molecule has 0 unspecified atom stereocenters. The molecule has 1 aromatic carbocycles. The Bertz CT molecular complexity index is 795. The van der Waals surface area contributed by atoms with Crippen LogP contribution < -0.4 is 4.74 Å². The number of hydrogen-bond acceptors (Lipinski definition) is 3. The van der Waals surface area contributed by atoms with Gasteiger partial charge < -0.3 is 9.47 Å². The summed E-state index contributed by atoms with van der Waals surface area (Å²) in [4.78, 5) is 12.4. The van der Waals surface area contributed by atoms with E-state index in [-0.39, 0.29) is 11.3 Å². The van der Waals surface area contributed by atoms with E-state index in [1.807, 2.05) is 0 Å². The van der Waals surface area contributed by atoms with Crippen LogP contribution in [0, 0.1) is 0 Å². The Balaban J connectivity index is 2.56. The standard InChI is InChI=1S/C16H14Br2F3NO3/c1-15(2,3)25-14(23)22-8-10(18)7-12(22)11-6-9(17)4-5-13(11)24-16(19,20)21/h4-8H,1-3H3. The van der Waals surface area contributed by atoms with Gasteiger partial charge in [0.15, 0.2) is 0 Å². The number of aromatic nitrogens is 1. The second-order valence-electron chi connectivity index (χ2n) is 6.08. The highest BCUT2D eigenvalue weighted by Gasteiger charge is 2.33. The van der Waals surface area contributed by atoms with E-state index in [1.165, 1.54) is 30.5 Å². The third kappa shape index (κ3) is 5.50. The van der Waals surface area contributed by atoms with Crippen LogP contribution in [0.3, 0.4) is 0 Å². The lowest BCUT2D eigenvalue weighted by Gasteiger charge is -2.21. The zero-order valence-corrected chi connectivity index (χ0v) is 16.6. The number of halogens is 5. The normalized spacial score (nSPS) is 12.2. The number of benzene rings is 1. The highest BCUT2D eigenvalue weighted by molar-refractivity contribution is 9.10. The van der Waals surface area contributed by atoms with Crippen molar-refractivity contribution in [1.29, 1.82) is 0 Å². The van der Waals surface area contributed by atoms with Crippen LogP contribution in [0.2, 0.25) is 0 Å². The van der Waals surface area contributed by atoms with Crippen LogP contribution in [0.5, 0.6) is 5.75 Å².